The van der Waals surface area contributed by atoms with Crippen LogP contribution in [0.25, 0.3) is 22.4 Å². The maximum absolute atomic E-state index is 11.6. The minimum atomic E-state index is -0.465. The van der Waals surface area contributed by atoms with E-state index >= 15 is 0 Å². The first-order valence-electron chi connectivity index (χ1n) is 9.10. The highest BCUT2D eigenvalue weighted by Gasteiger charge is 2.24. The summed E-state index contributed by atoms with van der Waals surface area (Å²) in [5.74, 6) is 1.65. The first kappa shape index (κ1) is 19.5. The number of methoxy groups -OCH3 is 2. The molecule has 0 bridgehead atoms. The Morgan fingerprint density at radius 2 is 1.96 bits per heavy atom. The molecule has 148 valence electrons. The Kier molecular flexibility index (Phi) is 5.98. The van der Waals surface area contributed by atoms with Gasteiger partial charge in [0.05, 0.1) is 36.8 Å². The number of nitro groups is 1. The van der Waals surface area contributed by atoms with Gasteiger partial charge < -0.3 is 19.2 Å². The zero-order chi connectivity index (χ0) is 20.1. The molecule has 1 aromatic heterocycles. The molecule has 0 saturated carbocycles. The molecule has 0 aliphatic carbocycles. The molecule has 3 aromatic rings. The first-order chi connectivity index (χ1) is 13.6. The Hall–Kier alpha value is -3.29. The molecule has 8 nitrogen and oxygen atoms in total. The van der Waals surface area contributed by atoms with Crippen molar-refractivity contribution < 1.29 is 19.1 Å². The summed E-state index contributed by atoms with van der Waals surface area (Å²) in [6.45, 7) is 2.48. The van der Waals surface area contributed by atoms with Crippen LogP contribution >= 0.6 is 0 Å². The van der Waals surface area contributed by atoms with Crippen molar-refractivity contribution in [2.75, 3.05) is 20.8 Å². The molecule has 0 atom stereocenters. The number of nitro benzene ring substituents is 1. The number of rotatable bonds is 9. The minimum absolute atomic E-state index is 0.144. The van der Waals surface area contributed by atoms with Crippen LogP contribution in [0.2, 0.25) is 0 Å². The summed E-state index contributed by atoms with van der Waals surface area (Å²) in [6.07, 6.45) is 2.86. The molecule has 0 fully saturated rings. The summed E-state index contributed by atoms with van der Waals surface area (Å²) in [6, 6.07) is 8.60. The molecule has 1 N–H and O–H groups in total. The highest BCUT2D eigenvalue weighted by molar-refractivity contribution is 5.82. The van der Waals surface area contributed by atoms with Crippen molar-refractivity contribution in [3.63, 3.8) is 0 Å². The predicted octanol–water partition coefficient (Wildman–Crippen LogP) is 4.72. The third-order valence-corrected chi connectivity index (χ3v) is 4.41. The molecule has 28 heavy (non-hydrogen) atoms. The second-order valence-corrected chi connectivity index (χ2v) is 6.31. The fourth-order valence-electron chi connectivity index (χ4n) is 2.94. The number of fused-ring (bicyclic) bond motifs is 1. The van der Waals surface area contributed by atoms with Gasteiger partial charge in [0.2, 0.25) is 5.75 Å². The molecule has 2 aromatic carbocycles. The van der Waals surface area contributed by atoms with Gasteiger partial charge in [0.15, 0.2) is 5.75 Å². The fraction of sp³-hybridized carbons (Fsp3) is 0.350. The van der Waals surface area contributed by atoms with Crippen LogP contribution in [0.5, 0.6) is 17.2 Å². The van der Waals surface area contributed by atoms with Crippen LogP contribution in [0, 0.1) is 10.1 Å². The van der Waals surface area contributed by atoms with E-state index in [1.54, 1.807) is 13.2 Å². The number of hydrogen-bond acceptors (Lipinski definition) is 6. The largest absolute Gasteiger partial charge is 0.497 e. The number of H-pyrrole nitrogens is 1. The van der Waals surface area contributed by atoms with E-state index in [1.165, 1.54) is 13.2 Å². The summed E-state index contributed by atoms with van der Waals surface area (Å²) >= 11 is 0. The molecule has 1 heterocycles. The van der Waals surface area contributed by atoms with Gasteiger partial charge in [-0.1, -0.05) is 19.8 Å². The molecule has 0 amide bonds. The van der Waals surface area contributed by atoms with Crippen LogP contribution in [0.15, 0.2) is 30.3 Å². The highest BCUT2D eigenvalue weighted by Crippen LogP contribution is 2.41. The maximum Gasteiger partial charge on any atom is 0.315 e. The second-order valence-electron chi connectivity index (χ2n) is 6.31. The van der Waals surface area contributed by atoms with Gasteiger partial charge in [-0.25, -0.2) is 4.98 Å². The average molecular weight is 385 g/mol. The quantitative estimate of drug-likeness (QED) is 0.325. The van der Waals surface area contributed by atoms with Crippen LogP contribution in [0.1, 0.15) is 26.2 Å². The molecular formula is C20H23N3O5. The van der Waals surface area contributed by atoms with Gasteiger partial charge in [-0.3, -0.25) is 10.1 Å². The Bertz CT molecular complexity index is 983. The van der Waals surface area contributed by atoms with Gasteiger partial charge in [0.25, 0.3) is 0 Å². The van der Waals surface area contributed by atoms with Crippen molar-refractivity contribution >= 4 is 16.7 Å². The normalized spacial score (nSPS) is 10.8. The van der Waals surface area contributed by atoms with E-state index in [9.17, 15) is 10.1 Å². The zero-order valence-corrected chi connectivity index (χ0v) is 16.2. The molecular weight excluding hydrogens is 362 g/mol. The third-order valence-electron chi connectivity index (χ3n) is 4.41. The standard InChI is InChI=1S/C20H23N3O5/c1-4-5-6-9-28-19-17(23(24)25)10-13(11-18(19)27-3)20-21-15-8-7-14(26-2)12-16(15)22-20/h7-8,10-12H,4-6,9H2,1-3H3,(H,21,22). The molecule has 0 unspecified atom stereocenters. The van der Waals surface area contributed by atoms with Crippen molar-refractivity contribution in [1.82, 2.24) is 9.97 Å². The number of aromatic amines is 1. The number of aromatic nitrogens is 2. The van der Waals surface area contributed by atoms with E-state index in [0.29, 0.717) is 29.5 Å². The fourth-order valence-corrected chi connectivity index (χ4v) is 2.94. The van der Waals surface area contributed by atoms with E-state index < -0.39 is 4.92 Å². The number of hydrogen-bond donors (Lipinski definition) is 1. The zero-order valence-electron chi connectivity index (χ0n) is 16.2. The van der Waals surface area contributed by atoms with Crippen molar-refractivity contribution in [2.45, 2.75) is 26.2 Å². The number of nitrogens with one attached hydrogen (secondary N) is 1. The number of nitrogens with zero attached hydrogens (tertiary/aromatic N) is 2. The van der Waals surface area contributed by atoms with Crippen molar-refractivity contribution in [3.05, 3.63) is 40.4 Å². The minimum Gasteiger partial charge on any atom is -0.497 e. The average Bonchev–Trinajstić information content (AvgIpc) is 3.13. The smallest absolute Gasteiger partial charge is 0.315 e. The van der Waals surface area contributed by atoms with Crippen LogP contribution in [0.4, 0.5) is 5.69 Å². The Balaban J connectivity index is 2.02. The summed E-state index contributed by atoms with van der Waals surface area (Å²) in [5, 5.41) is 11.6. The number of imidazole rings is 1. The molecule has 0 aliphatic heterocycles. The van der Waals surface area contributed by atoms with Gasteiger partial charge in [0.1, 0.15) is 11.6 Å². The van der Waals surface area contributed by atoms with Gasteiger partial charge in [-0.05, 0) is 24.6 Å². The topological polar surface area (TPSA) is 99.5 Å². The molecule has 8 heteroatoms. The lowest BCUT2D eigenvalue weighted by Gasteiger charge is -2.12. The summed E-state index contributed by atoms with van der Waals surface area (Å²) in [4.78, 5) is 18.9. The van der Waals surface area contributed by atoms with Crippen LogP contribution < -0.4 is 14.2 Å². The van der Waals surface area contributed by atoms with E-state index in [0.717, 1.165) is 30.3 Å². The van der Waals surface area contributed by atoms with Gasteiger partial charge in [-0.15, -0.1) is 0 Å². The Labute approximate surface area is 162 Å². The molecule has 0 spiro atoms. The highest BCUT2D eigenvalue weighted by atomic mass is 16.6. The lowest BCUT2D eigenvalue weighted by atomic mass is 10.1. The SMILES string of the molecule is CCCCCOc1c(OC)cc(-c2nc3ccc(OC)cc3[nH]2)cc1[N+](=O)[O-]. The van der Waals surface area contributed by atoms with Crippen molar-refractivity contribution in [1.29, 1.82) is 0 Å². The summed E-state index contributed by atoms with van der Waals surface area (Å²) in [7, 11) is 3.05. The van der Waals surface area contributed by atoms with Crippen LogP contribution in [-0.4, -0.2) is 35.7 Å². The van der Waals surface area contributed by atoms with E-state index in [2.05, 4.69) is 16.9 Å². The van der Waals surface area contributed by atoms with Crippen molar-refractivity contribution in [2.24, 2.45) is 0 Å². The van der Waals surface area contributed by atoms with Gasteiger partial charge in [-0.2, -0.15) is 0 Å². The Morgan fingerprint density at radius 3 is 2.64 bits per heavy atom. The van der Waals surface area contributed by atoms with Gasteiger partial charge in [0, 0.05) is 17.7 Å². The van der Waals surface area contributed by atoms with Crippen LogP contribution in [0.3, 0.4) is 0 Å². The summed E-state index contributed by atoms with van der Waals surface area (Å²) < 4.78 is 16.3. The van der Waals surface area contributed by atoms with Gasteiger partial charge >= 0.3 is 5.69 Å². The second kappa shape index (κ2) is 8.60. The number of benzene rings is 2. The first-order valence-corrected chi connectivity index (χ1v) is 9.10. The predicted molar refractivity (Wildman–Crippen MR) is 106 cm³/mol. The number of unbranched alkanes of at least 4 members (excludes halogenated alkanes) is 2. The van der Waals surface area contributed by atoms with E-state index in [-0.39, 0.29) is 11.4 Å². The summed E-state index contributed by atoms with van der Waals surface area (Å²) in [5.41, 5.74) is 1.90. The number of ether oxygens (including phenoxy) is 3. The maximum atomic E-state index is 11.6. The molecule has 0 saturated heterocycles. The molecule has 0 aliphatic rings. The van der Waals surface area contributed by atoms with E-state index in [1.807, 2.05) is 18.2 Å². The third kappa shape index (κ3) is 4.00. The Morgan fingerprint density at radius 1 is 1.14 bits per heavy atom. The lowest BCUT2D eigenvalue weighted by molar-refractivity contribution is -0.385. The molecule has 0 radical (unpaired) electrons. The monoisotopic (exact) mass is 385 g/mol. The lowest BCUT2D eigenvalue weighted by Crippen LogP contribution is -2.03. The van der Waals surface area contributed by atoms with E-state index in [4.69, 9.17) is 14.2 Å². The van der Waals surface area contributed by atoms with Crippen LogP contribution in [-0.2, 0) is 0 Å². The molecule has 3 rings (SSSR count). The van der Waals surface area contributed by atoms with Crippen molar-refractivity contribution in [3.8, 4) is 28.6 Å².